The normalized spacial score (nSPS) is 10.1. The number of anilines is 1. The molecular formula is C13H10BrN3OS2. The van der Waals surface area contributed by atoms with Gasteiger partial charge in [-0.2, -0.15) is 5.26 Å². The molecule has 0 aliphatic rings. The smallest absolute Gasteiger partial charge is 0.229 e. The van der Waals surface area contributed by atoms with Crippen LogP contribution in [0.25, 0.3) is 0 Å². The predicted octanol–water partition coefficient (Wildman–Crippen LogP) is 3.93. The minimum atomic E-state index is -0.173. The number of aromatic nitrogens is 1. The van der Waals surface area contributed by atoms with Crippen LogP contribution in [0.2, 0.25) is 0 Å². The molecule has 0 saturated heterocycles. The van der Waals surface area contributed by atoms with Crippen molar-refractivity contribution in [1.29, 1.82) is 5.26 Å². The van der Waals surface area contributed by atoms with Gasteiger partial charge in [-0.05, 0) is 37.3 Å². The van der Waals surface area contributed by atoms with Crippen molar-refractivity contribution in [3.63, 3.8) is 0 Å². The lowest BCUT2D eigenvalue weighted by Crippen LogP contribution is -2.15. The zero-order valence-corrected chi connectivity index (χ0v) is 13.7. The maximum absolute atomic E-state index is 12.0. The Balaban J connectivity index is 2.16. The van der Waals surface area contributed by atoms with Crippen LogP contribution in [0.4, 0.5) is 5.69 Å². The summed E-state index contributed by atoms with van der Waals surface area (Å²) in [6.07, 6.45) is 0.237. The fraction of sp³-hybridized carbons (Fsp3) is 0.154. The number of hydrogen-bond acceptors (Lipinski definition) is 4. The predicted molar refractivity (Wildman–Crippen MR) is 85.4 cm³/mol. The molecule has 0 radical (unpaired) electrons. The molecule has 2 N–H and O–H groups in total. The van der Waals surface area contributed by atoms with Gasteiger partial charge in [0.05, 0.1) is 17.7 Å². The van der Waals surface area contributed by atoms with Crippen molar-refractivity contribution in [3.05, 3.63) is 42.8 Å². The van der Waals surface area contributed by atoms with Crippen molar-refractivity contribution in [3.8, 4) is 6.07 Å². The molecule has 0 aliphatic carbocycles. The number of carbonyl (C=O) groups excluding carboxylic acids is 1. The molecule has 1 aromatic carbocycles. The zero-order chi connectivity index (χ0) is 14.7. The van der Waals surface area contributed by atoms with E-state index in [0.717, 1.165) is 15.0 Å². The number of aryl methyl sites for hydroxylation is 1. The number of hydrogen-bond donors (Lipinski definition) is 2. The Morgan fingerprint density at radius 2 is 2.35 bits per heavy atom. The molecule has 2 rings (SSSR count). The first kappa shape index (κ1) is 14.9. The molecule has 102 valence electrons. The van der Waals surface area contributed by atoms with Gasteiger partial charge in [-0.1, -0.05) is 15.9 Å². The summed E-state index contributed by atoms with van der Waals surface area (Å²) in [5, 5.41) is 11.8. The molecule has 1 amide bonds. The van der Waals surface area contributed by atoms with Crippen molar-refractivity contribution in [2.24, 2.45) is 0 Å². The van der Waals surface area contributed by atoms with E-state index < -0.39 is 0 Å². The second-order valence-corrected chi connectivity index (χ2v) is 6.78. The molecule has 0 saturated carbocycles. The van der Waals surface area contributed by atoms with Gasteiger partial charge in [0.2, 0.25) is 5.91 Å². The lowest BCUT2D eigenvalue weighted by Gasteiger charge is -2.07. The van der Waals surface area contributed by atoms with Crippen molar-refractivity contribution < 1.29 is 4.79 Å². The van der Waals surface area contributed by atoms with Gasteiger partial charge in [-0.3, -0.25) is 4.79 Å². The third-order valence-corrected chi connectivity index (χ3v) is 4.45. The summed E-state index contributed by atoms with van der Waals surface area (Å²) in [5.41, 5.74) is 1.84. The second-order valence-electron chi connectivity index (χ2n) is 4.09. The van der Waals surface area contributed by atoms with Crippen LogP contribution in [0.3, 0.4) is 0 Å². The average molecular weight is 368 g/mol. The molecule has 1 aromatic heterocycles. The minimum absolute atomic E-state index is 0.173. The molecule has 0 spiro atoms. The van der Waals surface area contributed by atoms with Gasteiger partial charge in [0.1, 0.15) is 6.07 Å². The Kier molecular flexibility index (Phi) is 4.70. The van der Waals surface area contributed by atoms with Crippen LogP contribution in [0, 0.1) is 22.2 Å². The van der Waals surface area contributed by atoms with Crippen LogP contribution >= 0.6 is 39.5 Å². The molecule has 0 bridgehead atoms. The zero-order valence-electron chi connectivity index (χ0n) is 10.5. The molecular weight excluding hydrogens is 358 g/mol. The van der Waals surface area contributed by atoms with Crippen LogP contribution in [0.1, 0.15) is 16.1 Å². The van der Waals surface area contributed by atoms with Gasteiger partial charge < -0.3 is 10.3 Å². The molecule has 20 heavy (non-hydrogen) atoms. The molecule has 0 fully saturated rings. The summed E-state index contributed by atoms with van der Waals surface area (Å²) in [6.45, 7) is 1.88. The fourth-order valence-electron chi connectivity index (χ4n) is 1.66. The van der Waals surface area contributed by atoms with Gasteiger partial charge in [-0.15, -0.1) is 11.3 Å². The summed E-state index contributed by atoms with van der Waals surface area (Å²) in [7, 11) is 0. The highest BCUT2D eigenvalue weighted by Gasteiger charge is 2.11. The summed E-state index contributed by atoms with van der Waals surface area (Å²) in [4.78, 5) is 16.0. The highest BCUT2D eigenvalue weighted by atomic mass is 79.9. The first-order valence-electron chi connectivity index (χ1n) is 5.67. The maximum atomic E-state index is 12.0. The third kappa shape index (κ3) is 3.54. The molecule has 0 atom stereocenters. The first-order valence-corrected chi connectivity index (χ1v) is 7.69. The number of aromatic amines is 1. The van der Waals surface area contributed by atoms with Crippen molar-refractivity contribution in [1.82, 2.24) is 4.98 Å². The number of amides is 1. The number of nitrogens with one attached hydrogen (secondary N) is 2. The number of benzene rings is 1. The Morgan fingerprint density at radius 3 is 2.95 bits per heavy atom. The quantitative estimate of drug-likeness (QED) is 0.807. The summed E-state index contributed by atoms with van der Waals surface area (Å²) < 4.78 is 1.46. The van der Waals surface area contributed by atoms with Gasteiger partial charge in [-0.25, -0.2) is 0 Å². The largest absolute Gasteiger partial charge is 0.341 e. The third-order valence-electron chi connectivity index (χ3n) is 2.62. The Labute approximate surface area is 133 Å². The Bertz CT molecular complexity index is 758. The van der Waals surface area contributed by atoms with Gasteiger partial charge >= 0.3 is 0 Å². The lowest BCUT2D eigenvalue weighted by atomic mass is 10.2. The second kappa shape index (κ2) is 6.31. The maximum Gasteiger partial charge on any atom is 0.229 e. The van der Waals surface area contributed by atoms with E-state index in [1.807, 2.05) is 6.92 Å². The number of carbonyl (C=O) groups is 1. The number of rotatable bonds is 3. The summed E-state index contributed by atoms with van der Waals surface area (Å²) in [6, 6.07) is 7.18. The van der Waals surface area contributed by atoms with E-state index in [1.54, 1.807) is 18.2 Å². The Hall–Kier alpha value is -1.49. The van der Waals surface area contributed by atoms with Crippen LogP contribution in [0.5, 0.6) is 0 Å². The standard InChI is InChI=1S/C13H10BrN3OS2/c1-7-11(20-13(19)16-7)5-12(18)17-10-4-9(14)3-2-8(10)6-15/h2-4H,5H2,1H3,(H,16,19)(H,17,18). The van der Waals surface area contributed by atoms with Crippen molar-refractivity contribution in [2.75, 3.05) is 5.32 Å². The van der Waals surface area contributed by atoms with Crippen LogP contribution in [0.15, 0.2) is 22.7 Å². The van der Waals surface area contributed by atoms with Crippen LogP contribution in [-0.2, 0) is 11.2 Å². The number of thiazole rings is 1. The molecule has 0 unspecified atom stereocenters. The first-order chi connectivity index (χ1) is 9.49. The van der Waals surface area contributed by atoms with E-state index in [4.69, 9.17) is 17.5 Å². The van der Waals surface area contributed by atoms with Gasteiger partial charge in [0.15, 0.2) is 3.95 Å². The number of H-pyrrole nitrogens is 1. The van der Waals surface area contributed by atoms with E-state index in [1.165, 1.54) is 11.3 Å². The molecule has 1 heterocycles. The highest BCUT2D eigenvalue weighted by Crippen LogP contribution is 2.22. The molecule has 0 aliphatic heterocycles. The van der Waals surface area contributed by atoms with E-state index in [-0.39, 0.29) is 12.3 Å². The summed E-state index contributed by atoms with van der Waals surface area (Å²) in [5.74, 6) is -0.173. The van der Waals surface area contributed by atoms with E-state index in [0.29, 0.717) is 15.2 Å². The summed E-state index contributed by atoms with van der Waals surface area (Å²) >= 11 is 9.75. The van der Waals surface area contributed by atoms with Gasteiger partial charge in [0, 0.05) is 15.0 Å². The van der Waals surface area contributed by atoms with E-state index >= 15 is 0 Å². The number of nitrogens with zero attached hydrogens (tertiary/aromatic N) is 1. The minimum Gasteiger partial charge on any atom is -0.341 e. The number of nitriles is 1. The highest BCUT2D eigenvalue weighted by molar-refractivity contribution is 9.10. The molecule has 2 aromatic rings. The number of halogens is 1. The fourth-order valence-corrected chi connectivity index (χ4v) is 3.31. The van der Waals surface area contributed by atoms with E-state index in [9.17, 15) is 4.79 Å². The van der Waals surface area contributed by atoms with E-state index in [2.05, 4.69) is 32.3 Å². The molecule has 4 nitrogen and oxygen atoms in total. The van der Waals surface area contributed by atoms with Crippen molar-refractivity contribution in [2.45, 2.75) is 13.3 Å². The lowest BCUT2D eigenvalue weighted by molar-refractivity contribution is -0.115. The monoisotopic (exact) mass is 367 g/mol. The Morgan fingerprint density at radius 1 is 1.60 bits per heavy atom. The topological polar surface area (TPSA) is 68.7 Å². The van der Waals surface area contributed by atoms with Crippen LogP contribution in [-0.4, -0.2) is 10.9 Å². The average Bonchev–Trinajstić information content (AvgIpc) is 2.68. The van der Waals surface area contributed by atoms with Crippen molar-refractivity contribution >= 4 is 51.1 Å². The SMILES string of the molecule is Cc1[nH]c(=S)sc1CC(=O)Nc1cc(Br)ccc1C#N. The van der Waals surface area contributed by atoms with Crippen LogP contribution < -0.4 is 5.32 Å². The molecule has 7 heteroatoms. The van der Waals surface area contributed by atoms with Gasteiger partial charge in [0.25, 0.3) is 0 Å².